The standard InChI is InChI=1S/C14H19N3O3/c1-10(18)15-12-9-11(14(19)20)3-4-13(12)17-7-5-16(2)6-8-17/h3-4,9H,5-8H2,1-2H3,(H,15,18)(H,19,20). The molecule has 6 heteroatoms. The molecule has 2 N–H and O–H groups in total. The van der Waals surface area contributed by atoms with Crippen LogP contribution in [0.15, 0.2) is 18.2 Å². The van der Waals surface area contributed by atoms with Gasteiger partial charge in [0.05, 0.1) is 16.9 Å². The van der Waals surface area contributed by atoms with Crippen LogP contribution < -0.4 is 10.2 Å². The molecular weight excluding hydrogens is 258 g/mol. The van der Waals surface area contributed by atoms with Crippen molar-refractivity contribution < 1.29 is 14.7 Å². The number of carbonyl (C=O) groups is 2. The minimum absolute atomic E-state index is 0.173. The van der Waals surface area contributed by atoms with Gasteiger partial charge in [0.2, 0.25) is 5.91 Å². The molecule has 1 aromatic carbocycles. The smallest absolute Gasteiger partial charge is 0.335 e. The van der Waals surface area contributed by atoms with Crippen LogP contribution in [0.2, 0.25) is 0 Å². The minimum atomic E-state index is -0.999. The molecule has 6 nitrogen and oxygen atoms in total. The first kappa shape index (κ1) is 14.3. The Bertz CT molecular complexity index is 522. The summed E-state index contributed by atoms with van der Waals surface area (Å²) in [5, 5.41) is 11.8. The molecule has 1 amide bonds. The lowest BCUT2D eigenvalue weighted by atomic mass is 10.1. The highest BCUT2D eigenvalue weighted by Crippen LogP contribution is 2.28. The maximum atomic E-state index is 11.3. The van der Waals surface area contributed by atoms with Gasteiger partial charge >= 0.3 is 5.97 Å². The van der Waals surface area contributed by atoms with E-state index in [1.807, 2.05) is 0 Å². The second kappa shape index (κ2) is 5.92. The number of carbonyl (C=O) groups excluding carboxylic acids is 1. The summed E-state index contributed by atoms with van der Waals surface area (Å²) in [6.45, 7) is 5.02. The number of rotatable bonds is 3. The molecule has 0 radical (unpaired) electrons. The topological polar surface area (TPSA) is 72.9 Å². The summed E-state index contributed by atoms with van der Waals surface area (Å²) in [5.74, 6) is -1.20. The Labute approximate surface area is 118 Å². The van der Waals surface area contributed by atoms with Crippen LogP contribution >= 0.6 is 0 Å². The molecule has 0 aromatic heterocycles. The average Bonchev–Trinajstić information content (AvgIpc) is 2.39. The summed E-state index contributed by atoms with van der Waals surface area (Å²) < 4.78 is 0. The number of nitrogens with one attached hydrogen (secondary N) is 1. The molecule has 20 heavy (non-hydrogen) atoms. The highest BCUT2D eigenvalue weighted by atomic mass is 16.4. The zero-order valence-corrected chi connectivity index (χ0v) is 11.7. The zero-order valence-electron chi connectivity index (χ0n) is 11.7. The van der Waals surface area contributed by atoms with Gasteiger partial charge in [0.15, 0.2) is 0 Å². The quantitative estimate of drug-likeness (QED) is 0.865. The molecule has 1 heterocycles. The van der Waals surface area contributed by atoms with Crippen molar-refractivity contribution >= 4 is 23.3 Å². The Morgan fingerprint density at radius 3 is 2.40 bits per heavy atom. The first-order valence-electron chi connectivity index (χ1n) is 6.56. The molecule has 1 aliphatic rings. The van der Waals surface area contributed by atoms with Gasteiger partial charge < -0.3 is 20.2 Å². The van der Waals surface area contributed by atoms with Crippen LogP contribution in [0.4, 0.5) is 11.4 Å². The molecule has 0 spiro atoms. The summed E-state index contributed by atoms with van der Waals surface area (Å²) in [6, 6.07) is 4.85. The third-order valence-corrected chi connectivity index (χ3v) is 3.40. The fraction of sp³-hybridized carbons (Fsp3) is 0.429. The molecule has 0 aliphatic carbocycles. The Morgan fingerprint density at radius 2 is 1.85 bits per heavy atom. The molecule has 1 aromatic rings. The number of piperazine rings is 1. The number of carboxylic acids is 1. The van der Waals surface area contributed by atoms with Gasteiger partial charge in [0.1, 0.15) is 0 Å². The third-order valence-electron chi connectivity index (χ3n) is 3.40. The van der Waals surface area contributed by atoms with Crippen LogP contribution in [0.5, 0.6) is 0 Å². The van der Waals surface area contributed by atoms with E-state index in [1.54, 1.807) is 12.1 Å². The monoisotopic (exact) mass is 277 g/mol. The molecular formula is C14H19N3O3. The second-order valence-electron chi connectivity index (χ2n) is 5.01. The Morgan fingerprint density at radius 1 is 1.20 bits per heavy atom. The van der Waals surface area contributed by atoms with E-state index < -0.39 is 5.97 Å². The van der Waals surface area contributed by atoms with Gasteiger partial charge in [-0.15, -0.1) is 0 Å². The van der Waals surface area contributed by atoms with Crippen molar-refractivity contribution in [2.75, 3.05) is 43.4 Å². The Kier molecular flexibility index (Phi) is 4.24. The van der Waals surface area contributed by atoms with Crippen molar-refractivity contribution in [1.82, 2.24) is 4.90 Å². The van der Waals surface area contributed by atoms with Crippen molar-refractivity contribution in [1.29, 1.82) is 0 Å². The Hall–Kier alpha value is -2.08. The zero-order chi connectivity index (χ0) is 14.7. The predicted molar refractivity (Wildman–Crippen MR) is 77.4 cm³/mol. The van der Waals surface area contributed by atoms with E-state index in [-0.39, 0.29) is 11.5 Å². The number of amides is 1. The number of anilines is 2. The van der Waals surface area contributed by atoms with Gasteiger partial charge in [0.25, 0.3) is 0 Å². The molecule has 2 rings (SSSR count). The number of benzene rings is 1. The number of aromatic carboxylic acids is 1. The lowest BCUT2D eigenvalue weighted by molar-refractivity contribution is -0.114. The van der Waals surface area contributed by atoms with Gasteiger partial charge in [-0.2, -0.15) is 0 Å². The predicted octanol–water partition coefficient (Wildman–Crippen LogP) is 1.09. The number of hydrogen-bond acceptors (Lipinski definition) is 4. The average molecular weight is 277 g/mol. The van der Waals surface area contributed by atoms with E-state index in [1.165, 1.54) is 13.0 Å². The van der Waals surface area contributed by atoms with E-state index in [0.29, 0.717) is 5.69 Å². The van der Waals surface area contributed by atoms with E-state index in [2.05, 4.69) is 22.2 Å². The molecule has 0 saturated carbocycles. The van der Waals surface area contributed by atoms with Crippen molar-refractivity contribution in [2.24, 2.45) is 0 Å². The van der Waals surface area contributed by atoms with Gasteiger partial charge in [-0.25, -0.2) is 4.79 Å². The minimum Gasteiger partial charge on any atom is -0.478 e. The molecule has 1 saturated heterocycles. The maximum Gasteiger partial charge on any atom is 0.335 e. The first-order valence-corrected chi connectivity index (χ1v) is 6.56. The molecule has 1 aliphatic heterocycles. The fourth-order valence-electron chi connectivity index (χ4n) is 2.28. The highest BCUT2D eigenvalue weighted by molar-refractivity contribution is 5.96. The molecule has 108 valence electrons. The van der Waals surface area contributed by atoms with Crippen LogP contribution in [-0.2, 0) is 4.79 Å². The normalized spacial score (nSPS) is 16.0. The first-order chi connectivity index (χ1) is 9.47. The summed E-state index contributed by atoms with van der Waals surface area (Å²) in [5.41, 5.74) is 1.60. The van der Waals surface area contributed by atoms with Gasteiger partial charge in [0, 0.05) is 33.1 Å². The van der Waals surface area contributed by atoms with E-state index in [4.69, 9.17) is 5.11 Å². The van der Waals surface area contributed by atoms with Crippen LogP contribution in [-0.4, -0.2) is 55.1 Å². The van der Waals surface area contributed by atoms with Crippen molar-refractivity contribution in [3.63, 3.8) is 0 Å². The maximum absolute atomic E-state index is 11.3. The fourth-order valence-corrected chi connectivity index (χ4v) is 2.28. The summed E-state index contributed by atoms with van der Waals surface area (Å²) in [7, 11) is 2.07. The number of hydrogen-bond donors (Lipinski definition) is 2. The second-order valence-corrected chi connectivity index (χ2v) is 5.01. The van der Waals surface area contributed by atoms with E-state index in [9.17, 15) is 9.59 Å². The van der Waals surface area contributed by atoms with Gasteiger partial charge in [-0.05, 0) is 25.2 Å². The van der Waals surface area contributed by atoms with Crippen LogP contribution in [0, 0.1) is 0 Å². The number of carboxylic acid groups (broad SMARTS) is 1. The van der Waals surface area contributed by atoms with E-state index >= 15 is 0 Å². The lowest BCUT2D eigenvalue weighted by Gasteiger charge is -2.35. The molecule has 1 fully saturated rings. The highest BCUT2D eigenvalue weighted by Gasteiger charge is 2.18. The van der Waals surface area contributed by atoms with Gasteiger partial charge in [-0.3, -0.25) is 4.79 Å². The van der Waals surface area contributed by atoms with Crippen LogP contribution in [0.1, 0.15) is 17.3 Å². The third kappa shape index (κ3) is 3.27. The van der Waals surface area contributed by atoms with E-state index in [0.717, 1.165) is 31.9 Å². The number of likely N-dealkylation sites (N-methyl/N-ethyl adjacent to an activating group) is 1. The SMILES string of the molecule is CC(=O)Nc1cc(C(=O)O)ccc1N1CCN(C)CC1. The Balaban J connectivity index is 2.30. The molecule has 0 unspecified atom stereocenters. The summed E-state index contributed by atoms with van der Waals surface area (Å²) in [4.78, 5) is 26.7. The van der Waals surface area contributed by atoms with Crippen LogP contribution in [0.25, 0.3) is 0 Å². The van der Waals surface area contributed by atoms with Gasteiger partial charge in [-0.1, -0.05) is 0 Å². The summed E-state index contributed by atoms with van der Waals surface area (Å²) >= 11 is 0. The van der Waals surface area contributed by atoms with Crippen molar-refractivity contribution in [2.45, 2.75) is 6.92 Å². The molecule has 0 bridgehead atoms. The van der Waals surface area contributed by atoms with Crippen molar-refractivity contribution in [3.8, 4) is 0 Å². The lowest BCUT2D eigenvalue weighted by Crippen LogP contribution is -2.44. The van der Waals surface area contributed by atoms with Crippen LogP contribution in [0.3, 0.4) is 0 Å². The molecule has 0 atom stereocenters. The largest absolute Gasteiger partial charge is 0.478 e. The summed E-state index contributed by atoms with van der Waals surface area (Å²) in [6.07, 6.45) is 0. The number of nitrogens with zero attached hydrogens (tertiary/aromatic N) is 2. The van der Waals surface area contributed by atoms with Crippen molar-refractivity contribution in [3.05, 3.63) is 23.8 Å².